The van der Waals surface area contributed by atoms with Crippen molar-refractivity contribution in [2.45, 2.75) is 51.4 Å². The molecule has 0 bridgehead atoms. The highest BCUT2D eigenvalue weighted by atomic mass is 32.2. The van der Waals surface area contributed by atoms with E-state index in [0.717, 1.165) is 18.4 Å². The summed E-state index contributed by atoms with van der Waals surface area (Å²) in [5.41, 5.74) is 0.803. The normalized spacial score (nSPS) is 11.4. The van der Waals surface area contributed by atoms with Crippen LogP contribution in [0.5, 0.6) is 17.2 Å². The van der Waals surface area contributed by atoms with Crippen molar-refractivity contribution in [2.75, 3.05) is 40.3 Å². The summed E-state index contributed by atoms with van der Waals surface area (Å²) >= 11 is 0. The van der Waals surface area contributed by atoms with E-state index >= 15 is 0 Å². The van der Waals surface area contributed by atoms with Crippen molar-refractivity contribution in [3.63, 3.8) is 0 Å². The maximum absolute atomic E-state index is 12.3. The molecule has 274 valence electrons. The average molecular weight is 735 g/mol. The predicted octanol–water partition coefficient (Wildman–Crippen LogP) is 7.46. The van der Waals surface area contributed by atoms with Gasteiger partial charge in [0.2, 0.25) is 11.7 Å². The molecule has 0 heterocycles. The molecular weight excluding hydrogens is 681 g/mol. The van der Waals surface area contributed by atoms with Gasteiger partial charge < -0.3 is 19.5 Å². The first-order chi connectivity index (χ1) is 24.6. The highest BCUT2D eigenvalue weighted by Crippen LogP contribution is 2.56. The van der Waals surface area contributed by atoms with Gasteiger partial charge in [0.25, 0.3) is 10.1 Å². The Morgan fingerprint density at radius 3 is 1.45 bits per heavy atom. The van der Waals surface area contributed by atoms with E-state index in [1.165, 1.54) is 60.6 Å². The van der Waals surface area contributed by atoms with Crippen molar-refractivity contribution in [1.29, 1.82) is 0 Å². The van der Waals surface area contributed by atoms with Crippen LogP contribution < -0.4 is 35.4 Å². The zero-order valence-corrected chi connectivity index (χ0v) is 32.0. The summed E-state index contributed by atoms with van der Waals surface area (Å²) in [6.07, 6.45) is 14.8. The van der Waals surface area contributed by atoms with Gasteiger partial charge in [-0.05, 0) is 79.4 Å². The van der Waals surface area contributed by atoms with Gasteiger partial charge in [-0.1, -0.05) is 86.7 Å². The molecule has 0 saturated carbocycles. The van der Waals surface area contributed by atoms with Crippen LogP contribution in [0.4, 0.5) is 0 Å². The van der Waals surface area contributed by atoms with Crippen LogP contribution in [0.15, 0.2) is 109 Å². The lowest BCUT2D eigenvalue weighted by molar-refractivity contribution is -0.116. The van der Waals surface area contributed by atoms with Crippen LogP contribution in [-0.4, -0.2) is 59.2 Å². The van der Waals surface area contributed by atoms with Crippen molar-refractivity contribution in [3.05, 3.63) is 115 Å². The Kier molecular flexibility index (Phi) is 17.7. The fourth-order valence-corrected chi connectivity index (χ4v) is 10.5. The number of carbonyl (C=O) groups is 1. The minimum absolute atomic E-state index is 0.103. The third kappa shape index (κ3) is 13.8. The Balaban J connectivity index is 0.00000131. The molecule has 0 aromatic heterocycles. The summed E-state index contributed by atoms with van der Waals surface area (Å²) in [6.45, 7) is 0.683. The topological polar surface area (TPSA) is 111 Å². The largest absolute Gasteiger partial charge is 0.493 e. The molecule has 0 fully saturated rings. The maximum atomic E-state index is 12.3. The molecule has 4 aromatic carbocycles. The minimum atomic E-state index is -3.67. The number of methoxy groups -OCH3 is 3. The number of carbonyl (C=O) groups excluding carboxylic acids is 1. The van der Waals surface area contributed by atoms with Crippen molar-refractivity contribution in [1.82, 2.24) is 5.32 Å². The highest BCUT2D eigenvalue weighted by Gasteiger charge is 2.44. The number of rotatable bonds is 19. The molecular formula is C41H53NO7PS+. The number of ether oxygens (including phenoxy) is 3. The zero-order valence-electron chi connectivity index (χ0n) is 30.3. The molecule has 10 heteroatoms. The number of unbranched alkanes of at least 4 members (excludes halogenated alkanes) is 7. The number of hydrogen-bond donors (Lipinski definition) is 2. The number of amides is 1. The van der Waals surface area contributed by atoms with Crippen molar-refractivity contribution >= 4 is 45.3 Å². The second-order valence-electron chi connectivity index (χ2n) is 12.2. The van der Waals surface area contributed by atoms with Crippen LogP contribution in [0, 0.1) is 0 Å². The van der Waals surface area contributed by atoms with E-state index in [4.69, 9.17) is 18.8 Å². The van der Waals surface area contributed by atoms with E-state index in [0.29, 0.717) is 30.0 Å². The van der Waals surface area contributed by atoms with Gasteiger partial charge in [-0.3, -0.25) is 9.35 Å². The van der Waals surface area contributed by atoms with E-state index in [2.05, 4.69) is 96.3 Å². The highest BCUT2D eigenvalue weighted by molar-refractivity contribution is 7.95. The lowest BCUT2D eigenvalue weighted by Crippen LogP contribution is -2.33. The maximum Gasteiger partial charge on any atom is 0.261 e. The zero-order chi connectivity index (χ0) is 37.0. The lowest BCUT2D eigenvalue weighted by Gasteiger charge is -2.27. The van der Waals surface area contributed by atoms with Crippen LogP contribution in [0.1, 0.15) is 56.9 Å². The Hall–Kier alpha value is -4.17. The first-order valence-electron chi connectivity index (χ1n) is 17.4. The summed E-state index contributed by atoms with van der Waals surface area (Å²) in [5, 5.41) is 7.40. The Morgan fingerprint density at radius 2 is 1.06 bits per heavy atom. The molecule has 51 heavy (non-hydrogen) atoms. The van der Waals surface area contributed by atoms with Gasteiger partial charge in [-0.2, -0.15) is 8.42 Å². The van der Waals surface area contributed by atoms with Crippen LogP contribution in [0.3, 0.4) is 0 Å². The number of nitrogens with one attached hydrogen (secondary N) is 1. The molecule has 0 aliphatic rings. The molecule has 0 aliphatic heterocycles. The van der Waals surface area contributed by atoms with Crippen molar-refractivity contribution < 1.29 is 32.0 Å². The minimum Gasteiger partial charge on any atom is -0.493 e. The fraction of sp³-hybridized carbons (Fsp3) is 0.341. The summed E-state index contributed by atoms with van der Waals surface area (Å²) in [4.78, 5) is 12.3. The molecule has 0 atom stereocenters. The van der Waals surface area contributed by atoms with Crippen LogP contribution >= 0.6 is 7.26 Å². The molecule has 0 saturated heterocycles. The summed E-state index contributed by atoms with van der Waals surface area (Å²) < 4.78 is 42.0. The van der Waals surface area contributed by atoms with Crippen LogP contribution in [0.25, 0.3) is 6.08 Å². The van der Waals surface area contributed by atoms with Gasteiger partial charge in [0.1, 0.15) is 23.2 Å². The number of hydrogen-bond acceptors (Lipinski definition) is 6. The summed E-state index contributed by atoms with van der Waals surface area (Å²) in [5.74, 6) is 1.55. The van der Waals surface area contributed by atoms with Gasteiger partial charge in [0.05, 0.1) is 33.7 Å². The lowest BCUT2D eigenvalue weighted by atomic mass is 10.1. The molecule has 0 radical (unpaired) electrons. The second-order valence-corrected chi connectivity index (χ2v) is 17.3. The van der Waals surface area contributed by atoms with Crippen molar-refractivity contribution in [3.8, 4) is 17.2 Å². The predicted molar refractivity (Wildman–Crippen MR) is 213 cm³/mol. The molecule has 4 rings (SSSR count). The molecule has 1 amide bonds. The van der Waals surface area contributed by atoms with E-state index < -0.39 is 17.4 Å². The SMILES string of the molecule is COc1cc(/C=C/C(=O)NCCCCCCCCCC[P+](c2ccccc2)(c2ccccc2)c2ccccc2)cc(OC)c1OC.CS(=O)(=O)O. The van der Waals surface area contributed by atoms with Gasteiger partial charge in [-0.15, -0.1) is 0 Å². The van der Waals surface area contributed by atoms with E-state index in [1.54, 1.807) is 33.5 Å². The first-order valence-corrected chi connectivity index (χ1v) is 21.2. The third-order valence-corrected chi connectivity index (χ3v) is 13.0. The third-order valence-electron chi connectivity index (χ3n) is 8.42. The molecule has 2 N–H and O–H groups in total. The standard InChI is InChI=1S/C40H48NO4P.CH4O3S/c1-43-37-31-33(32-38(44-2)40(37)45-3)27-28-39(42)41-29-19-8-6-4-5-7-9-20-30-46(34-21-13-10-14-22-34,35-23-15-11-16-24-35)36-25-17-12-18-26-36;1-5(2,3)4/h10-18,21-28,31-32H,4-9,19-20,29-30H2,1-3H3;1H3,(H,2,3,4)/p+1/b28-27+;. The quantitative estimate of drug-likeness (QED) is 0.0446. The molecule has 4 aromatic rings. The smallest absolute Gasteiger partial charge is 0.261 e. The van der Waals surface area contributed by atoms with Crippen LogP contribution in [-0.2, 0) is 14.9 Å². The molecule has 0 unspecified atom stereocenters. The Bertz CT molecular complexity index is 1600. The molecule has 0 aliphatic carbocycles. The average Bonchev–Trinajstić information content (AvgIpc) is 3.14. The molecule has 0 spiro atoms. The Morgan fingerprint density at radius 1 is 0.667 bits per heavy atom. The molecule has 8 nitrogen and oxygen atoms in total. The van der Waals surface area contributed by atoms with Gasteiger partial charge in [0, 0.05) is 12.6 Å². The van der Waals surface area contributed by atoms with Crippen LogP contribution in [0.2, 0.25) is 0 Å². The van der Waals surface area contributed by atoms with Gasteiger partial charge in [-0.25, -0.2) is 0 Å². The Labute approximate surface area is 305 Å². The second kappa shape index (κ2) is 21.9. The van der Waals surface area contributed by atoms with Gasteiger partial charge >= 0.3 is 0 Å². The number of benzene rings is 4. The van der Waals surface area contributed by atoms with Gasteiger partial charge in [0.15, 0.2) is 11.5 Å². The van der Waals surface area contributed by atoms with E-state index in [-0.39, 0.29) is 5.91 Å². The van der Waals surface area contributed by atoms with E-state index in [1.807, 2.05) is 12.1 Å². The van der Waals surface area contributed by atoms with E-state index in [9.17, 15) is 13.2 Å². The van der Waals surface area contributed by atoms with Crippen molar-refractivity contribution in [2.24, 2.45) is 0 Å². The fourth-order valence-electron chi connectivity index (χ4n) is 6.06. The summed E-state index contributed by atoms with van der Waals surface area (Å²) in [6, 6.07) is 37.2. The summed E-state index contributed by atoms with van der Waals surface area (Å²) in [7, 11) is -0.667. The monoisotopic (exact) mass is 734 g/mol. The first kappa shape index (κ1) is 41.3.